The highest BCUT2D eigenvalue weighted by Gasteiger charge is 1.88. The summed E-state index contributed by atoms with van der Waals surface area (Å²) in [5.41, 5.74) is 1.23. The quantitative estimate of drug-likeness (QED) is 0.610. The summed E-state index contributed by atoms with van der Waals surface area (Å²) in [6.45, 7) is 3.10. The van der Waals surface area contributed by atoms with Crippen molar-refractivity contribution < 1.29 is 0 Å². The SMILES string of the molecule is CCNC1=CCC=CC=C1. The van der Waals surface area contributed by atoms with Crippen LogP contribution in [0.15, 0.2) is 36.1 Å². The monoisotopic (exact) mass is 135 g/mol. The highest BCUT2D eigenvalue weighted by molar-refractivity contribution is 5.24. The van der Waals surface area contributed by atoms with Crippen LogP contribution < -0.4 is 5.32 Å². The van der Waals surface area contributed by atoms with Crippen molar-refractivity contribution in [2.24, 2.45) is 0 Å². The fraction of sp³-hybridized carbons (Fsp3) is 0.333. The topological polar surface area (TPSA) is 12.0 Å². The summed E-state index contributed by atoms with van der Waals surface area (Å²) in [5.74, 6) is 0. The lowest BCUT2D eigenvalue weighted by Crippen LogP contribution is -2.09. The van der Waals surface area contributed by atoms with Crippen molar-refractivity contribution in [3.05, 3.63) is 36.1 Å². The van der Waals surface area contributed by atoms with E-state index < -0.39 is 0 Å². The van der Waals surface area contributed by atoms with Gasteiger partial charge < -0.3 is 5.32 Å². The Hall–Kier alpha value is -0.980. The molecule has 1 rings (SSSR count). The normalized spacial score (nSPS) is 16.3. The van der Waals surface area contributed by atoms with Gasteiger partial charge in [-0.15, -0.1) is 0 Å². The molecule has 0 aromatic rings. The highest BCUT2D eigenvalue weighted by atomic mass is 14.9. The van der Waals surface area contributed by atoms with Crippen LogP contribution in [-0.4, -0.2) is 6.54 Å². The molecular formula is C9H13N. The fourth-order valence-corrected chi connectivity index (χ4v) is 0.915. The Balaban J connectivity index is 2.51. The lowest BCUT2D eigenvalue weighted by Gasteiger charge is -2.00. The second-order valence-electron chi connectivity index (χ2n) is 2.21. The summed E-state index contributed by atoms with van der Waals surface area (Å²) in [7, 11) is 0. The van der Waals surface area contributed by atoms with Crippen LogP contribution in [0.5, 0.6) is 0 Å². The van der Waals surface area contributed by atoms with Crippen LogP contribution in [0, 0.1) is 0 Å². The maximum atomic E-state index is 3.26. The maximum absolute atomic E-state index is 3.26. The number of hydrogen-bond acceptors (Lipinski definition) is 1. The molecule has 0 aromatic carbocycles. The first-order valence-corrected chi connectivity index (χ1v) is 3.70. The zero-order valence-corrected chi connectivity index (χ0v) is 6.30. The Morgan fingerprint density at radius 2 is 2.40 bits per heavy atom. The van der Waals surface area contributed by atoms with Crippen molar-refractivity contribution in [1.82, 2.24) is 5.32 Å². The second kappa shape index (κ2) is 3.94. The van der Waals surface area contributed by atoms with Gasteiger partial charge in [0.15, 0.2) is 0 Å². The predicted molar refractivity (Wildman–Crippen MR) is 44.7 cm³/mol. The highest BCUT2D eigenvalue weighted by Crippen LogP contribution is 2.00. The van der Waals surface area contributed by atoms with Gasteiger partial charge in [0, 0.05) is 12.2 Å². The summed E-state index contributed by atoms with van der Waals surface area (Å²) < 4.78 is 0. The summed E-state index contributed by atoms with van der Waals surface area (Å²) in [5, 5.41) is 3.26. The lowest BCUT2D eigenvalue weighted by atomic mass is 10.3. The first kappa shape index (κ1) is 7.13. The number of nitrogens with one attached hydrogen (secondary N) is 1. The summed E-state index contributed by atoms with van der Waals surface area (Å²) >= 11 is 0. The molecule has 0 saturated heterocycles. The van der Waals surface area contributed by atoms with Gasteiger partial charge >= 0.3 is 0 Å². The zero-order valence-electron chi connectivity index (χ0n) is 6.30. The van der Waals surface area contributed by atoms with E-state index in [1.165, 1.54) is 5.70 Å². The first-order valence-electron chi connectivity index (χ1n) is 3.70. The van der Waals surface area contributed by atoms with Gasteiger partial charge in [-0.1, -0.05) is 24.3 Å². The average molecular weight is 135 g/mol. The van der Waals surface area contributed by atoms with Crippen molar-refractivity contribution >= 4 is 0 Å². The zero-order chi connectivity index (χ0) is 7.23. The molecule has 1 aliphatic rings. The van der Waals surface area contributed by atoms with Gasteiger partial charge in [0.25, 0.3) is 0 Å². The fourth-order valence-electron chi connectivity index (χ4n) is 0.915. The van der Waals surface area contributed by atoms with Crippen molar-refractivity contribution in [3.8, 4) is 0 Å². The molecule has 0 spiro atoms. The van der Waals surface area contributed by atoms with E-state index in [0.29, 0.717) is 0 Å². The molecule has 0 bridgehead atoms. The Labute approximate surface area is 62.1 Å². The third kappa shape index (κ3) is 2.09. The van der Waals surface area contributed by atoms with E-state index in [1.54, 1.807) is 0 Å². The Morgan fingerprint density at radius 1 is 1.50 bits per heavy atom. The predicted octanol–water partition coefficient (Wildman–Crippen LogP) is 2.00. The molecule has 1 nitrogen and oxygen atoms in total. The molecule has 0 atom stereocenters. The number of hydrogen-bond donors (Lipinski definition) is 1. The minimum atomic E-state index is 0.996. The van der Waals surface area contributed by atoms with E-state index in [1.807, 2.05) is 0 Å². The van der Waals surface area contributed by atoms with E-state index in [0.717, 1.165) is 13.0 Å². The molecule has 0 unspecified atom stereocenters. The molecule has 0 amide bonds. The molecule has 0 heterocycles. The van der Waals surface area contributed by atoms with Crippen molar-refractivity contribution in [1.29, 1.82) is 0 Å². The van der Waals surface area contributed by atoms with Crippen molar-refractivity contribution in [2.75, 3.05) is 6.54 Å². The molecule has 0 aliphatic heterocycles. The van der Waals surface area contributed by atoms with Crippen LogP contribution in [0.1, 0.15) is 13.3 Å². The lowest BCUT2D eigenvalue weighted by molar-refractivity contribution is 0.874. The number of rotatable bonds is 2. The number of likely N-dealkylation sites (N-methyl/N-ethyl adjacent to an activating group) is 1. The number of allylic oxidation sites excluding steroid dienone is 5. The van der Waals surface area contributed by atoms with Crippen LogP contribution in [0.25, 0.3) is 0 Å². The van der Waals surface area contributed by atoms with Crippen LogP contribution in [0.3, 0.4) is 0 Å². The van der Waals surface area contributed by atoms with Crippen LogP contribution in [0.2, 0.25) is 0 Å². The Bertz CT molecular complexity index is 175. The van der Waals surface area contributed by atoms with Gasteiger partial charge in [0.05, 0.1) is 0 Å². The van der Waals surface area contributed by atoms with Gasteiger partial charge in [-0.2, -0.15) is 0 Å². The van der Waals surface area contributed by atoms with Gasteiger partial charge in [-0.05, 0) is 19.4 Å². The molecular weight excluding hydrogens is 122 g/mol. The van der Waals surface area contributed by atoms with Gasteiger partial charge in [-0.3, -0.25) is 0 Å². The largest absolute Gasteiger partial charge is 0.386 e. The van der Waals surface area contributed by atoms with Crippen molar-refractivity contribution in [2.45, 2.75) is 13.3 Å². The van der Waals surface area contributed by atoms with Gasteiger partial charge in [-0.25, -0.2) is 0 Å². The summed E-state index contributed by atoms with van der Waals surface area (Å²) in [6, 6.07) is 0. The van der Waals surface area contributed by atoms with E-state index >= 15 is 0 Å². The Morgan fingerprint density at radius 3 is 3.20 bits per heavy atom. The average Bonchev–Trinajstić information content (AvgIpc) is 2.17. The molecule has 0 saturated carbocycles. The molecule has 0 fully saturated rings. The first-order chi connectivity index (χ1) is 4.93. The van der Waals surface area contributed by atoms with Gasteiger partial charge in [0.2, 0.25) is 0 Å². The summed E-state index contributed by atoms with van der Waals surface area (Å²) in [6.07, 6.45) is 11.6. The molecule has 0 aromatic heterocycles. The minimum Gasteiger partial charge on any atom is -0.386 e. The molecule has 1 heteroatoms. The standard InChI is InChI=1S/C9H13N/c1-2-10-9-7-5-3-4-6-8-9/h3-5,7-8,10H,2,6H2,1H3. The van der Waals surface area contributed by atoms with E-state index in [2.05, 4.69) is 42.6 Å². The molecule has 0 radical (unpaired) electrons. The maximum Gasteiger partial charge on any atom is 0.0302 e. The molecule has 10 heavy (non-hydrogen) atoms. The third-order valence-corrected chi connectivity index (χ3v) is 1.38. The smallest absolute Gasteiger partial charge is 0.0302 e. The molecule has 54 valence electrons. The summed E-state index contributed by atoms with van der Waals surface area (Å²) in [4.78, 5) is 0. The Kier molecular flexibility index (Phi) is 2.81. The molecule has 1 aliphatic carbocycles. The van der Waals surface area contributed by atoms with Gasteiger partial charge in [0.1, 0.15) is 0 Å². The second-order valence-corrected chi connectivity index (χ2v) is 2.21. The third-order valence-electron chi connectivity index (χ3n) is 1.38. The van der Waals surface area contributed by atoms with Crippen LogP contribution in [-0.2, 0) is 0 Å². The minimum absolute atomic E-state index is 0.996. The van der Waals surface area contributed by atoms with E-state index in [-0.39, 0.29) is 0 Å². The van der Waals surface area contributed by atoms with E-state index in [9.17, 15) is 0 Å². The van der Waals surface area contributed by atoms with E-state index in [4.69, 9.17) is 0 Å². The molecule has 1 N–H and O–H groups in total. The van der Waals surface area contributed by atoms with Crippen LogP contribution in [0.4, 0.5) is 0 Å². The van der Waals surface area contributed by atoms with Crippen molar-refractivity contribution in [3.63, 3.8) is 0 Å². The van der Waals surface area contributed by atoms with Crippen LogP contribution >= 0.6 is 0 Å².